The van der Waals surface area contributed by atoms with Crippen molar-refractivity contribution in [1.29, 1.82) is 0 Å². The average molecular weight is 705 g/mol. The van der Waals surface area contributed by atoms with E-state index >= 15 is 0 Å². The SMILES string of the molecule is COc1cc(/C=C2\SC(=S)N(CCCCCC(=O)Nc3ncc(Cc4cccc(Cl)c4Cl)s3)C2=O)ccc1OC1CCCCC1. The van der Waals surface area contributed by atoms with Gasteiger partial charge in [0.25, 0.3) is 5.91 Å². The summed E-state index contributed by atoms with van der Waals surface area (Å²) in [4.78, 5) is 33.2. The number of thioether (sulfide) groups is 1. The molecular formula is C33H35Cl2N3O4S3. The van der Waals surface area contributed by atoms with Crippen LogP contribution in [0.5, 0.6) is 11.5 Å². The third-order valence-electron chi connectivity index (χ3n) is 7.69. The molecule has 7 nitrogen and oxygen atoms in total. The van der Waals surface area contributed by atoms with Crippen LogP contribution in [-0.2, 0) is 16.0 Å². The molecule has 2 heterocycles. The van der Waals surface area contributed by atoms with Crippen molar-refractivity contribution in [3.8, 4) is 11.5 Å². The number of benzene rings is 2. The number of unbranched alkanes of at least 4 members (excludes halogenated alkanes) is 2. The van der Waals surface area contributed by atoms with Gasteiger partial charge in [0.2, 0.25) is 5.91 Å². The Labute approximate surface area is 287 Å². The molecule has 0 unspecified atom stereocenters. The zero-order chi connectivity index (χ0) is 31.8. The molecule has 1 saturated heterocycles. The van der Waals surface area contributed by atoms with Crippen LogP contribution in [0.1, 0.15) is 73.8 Å². The number of anilines is 1. The lowest BCUT2D eigenvalue weighted by Crippen LogP contribution is -2.29. The second-order valence-corrected chi connectivity index (χ2v) is 14.6. The molecule has 238 valence electrons. The predicted molar refractivity (Wildman–Crippen MR) is 189 cm³/mol. The van der Waals surface area contributed by atoms with E-state index in [1.807, 2.05) is 36.4 Å². The van der Waals surface area contributed by atoms with E-state index in [2.05, 4.69) is 10.3 Å². The second kappa shape index (κ2) is 16.3. The summed E-state index contributed by atoms with van der Waals surface area (Å²) >= 11 is 20.7. The summed E-state index contributed by atoms with van der Waals surface area (Å²) in [5, 5.41) is 4.48. The molecule has 0 spiro atoms. The monoisotopic (exact) mass is 703 g/mol. The smallest absolute Gasteiger partial charge is 0.266 e. The first-order valence-electron chi connectivity index (χ1n) is 15.1. The highest BCUT2D eigenvalue weighted by Crippen LogP contribution is 2.36. The molecule has 2 fully saturated rings. The minimum Gasteiger partial charge on any atom is -0.493 e. The zero-order valence-corrected chi connectivity index (χ0v) is 28.9. The fourth-order valence-electron chi connectivity index (χ4n) is 5.31. The quantitative estimate of drug-likeness (QED) is 0.108. The standard InChI is InChI=1S/C33H35Cl2N3O4S3/c1-41-27-17-21(14-15-26(27)42-23-10-4-2-5-11-23)18-28-31(40)38(33(43)45-28)16-7-3-6-13-29(39)37-32-36-20-24(44-32)19-22-9-8-12-25(34)30(22)35/h8-9,12,14-15,17-18,20,23H,2-7,10-11,13,16,19H2,1H3,(H,36,37,39)/b28-18-. The van der Waals surface area contributed by atoms with Gasteiger partial charge in [-0.3, -0.25) is 14.5 Å². The Balaban J connectivity index is 1.05. The van der Waals surface area contributed by atoms with Crippen molar-refractivity contribution in [2.24, 2.45) is 0 Å². The van der Waals surface area contributed by atoms with Crippen molar-refractivity contribution in [3.63, 3.8) is 0 Å². The molecule has 12 heteroatoms. The molecule has 1 aromatic heterocycles. The van der Waals surface area contributed by atoms with E-state index in [0.29, 0.717) is 56.0 Å². The molecule has 1 aliphatic heterocycles. The summed E-state index contributed by atoms with van der Waals surface area (Å²) in [5.74, 6) is 1.21. The van der Waals surface area contributed by atoms with Crippen molar-refractivity contribution >= 4 is 85.9 Å². The largest absolute Gasteiger partial charge is 0.493 e. The first-order chi connectivity index (χ1) is 21.8. The Morgan fingerprint density at radius 3 is 2.76 bits per heavy atom. The molecule has 2 amide bonds. The van der Waals surface area contributed by atoms with Crippen LogP contribution < -0.4 is 14.8 Å². The van der Waals surface area contributed by atoms with E-state index in [1.165, 1.54) is 42.4 Å². The van der Waals surface area contributed by atoms with Crippen molar-refractivity contribution < 1.29 is 19.1 Å². The topological polar surface area (TPSA) is 80.8 Å². The fourth-order valence-corrected chi connectivity index (χ4v) is 7.86. The van der Waals surface area contributed by atoms with Gasteiger partial charge in [0.05, 0.1) is 28.2 Å². The second-order valence-electron chi connectivity index (χ2n) is 11.0. The van der Waals surface area contributed by atoms with Gasteiger partial charge in [-0.2, -0.15) is 0 Å². The van der Waals surface area contributed by atoms with Crippen LogP contribution in [0, 0.1) is 0 Å². The fraction of sp³-hybridized carbons (Fsp3) is 0.394. The van der Waals surface area contributed by atoms with Crippen LogP contribution in [0.4, 0.5) is 5.13 Å². The molecule has 45 heavy (non-hydrogen) atoms. The van der Waals surface area contributed by atoms with Gasteiger partial charge in [0.1, 0.15) is 4.32 Å². The van der Waals surface area contributed by atoms with Crippen LogP contribution in [0.15, 0.2) is 47.5 Å². The number of nitrogens with one attached hydrogen (secondary N) is 1. The first-order valence-corrected chi connectivity index (χ1v) is 17.9. The van der Waals surface area contributed by atoms with Gasteiger partial charge in [-0.15, -0.1) is 11.3 Å². The maximum absolute atomic E-state index is 13.1. The van der Waals surface area contributed by atoms with Crippen molar-refractivity contribution in [1.82, 2.24) is 9.88 Å². The minimum atomic E-state index is -0.0946. The van der Waals surface area contributed by atoms with Gasteiger partial charge in [0.15, 0.2) is 16.6 Å². The lowest BCUT2D eigenvalue weighted by molar-refractivity contribution is -0.122. The number of methoxy groups -OCH3 is 1. The van der Waals surface area contributed by atoms with Crippen LogP contribution in [0.3, 0.4) is 0 Å². The van der Waals surface area contributed by atoms with Crippen LogP contribution >= 0.6 is 58.5 Å². The maximum atomic E-state index is 13.1. The Morgan fingerprint density at radius 1 is 1.13 bits per heavy atom. The molecule has 0 atom stereocenters. The van der Waals surface area contributed by atoms with Crippen LogP contribution in [0.2, 0.25) is 10.0 Å². The number of aromatic nitrogens is 1. The number of thiazole rings is 1. The first kappa shape index (κ1) is 33.7. The lowest BCUT2D eigenvalue weighted by Gasteiger charge is -2.24. The third-order valence-corrected chi connectivity index (χ3v) is 10.8. The summed E-state index contributed by atoms with van der Waals surface area (Å²) < 4.78 is 12.4. The Hall–Kier alpha value is -2.63. The van der Waals surface area contributed by atoms with Crippen molar-refractivity contribution in [2.75, 3.05) is 19.0 Å². The van der Waals surface area contributed by atoms with Gasteiger partial charge in [-0.25, -0.2) is 4.98 Å². The number of carbonyl (C=O) groups excluding carboxylic acids is 2. The summed E-state index contributed by atoms with van der Waals surface area (Å²) in [6, 6.07) is 11.3. The summed E-state index contributed by atoms with van der Waals surface area (Å²) in [5.41, 5.74) is 1.77. The lowest BCUT2D eigenvalue weighted by atomic mass is 9.98. The van der Waals surface area contributed by atoms with Gasteiger partial charge >= 0.3 is 0 Å². The van der Waals surface area contributed by atoms with Gasteiger partial charge in [0, 0.05) is 30.5 Å². The molecule has 3 aromatic rings. The van der Waals surface area contributed by atoms with Crippen molar-refractivity contribution in [3.05, 3.63) is 73.5 Å². The number of hydrogen-bond acceptors (Lipinski definition) is 8. The third kappa shape index (κ3) is 9.23. The van der Waals surface area contributed by atoms with Gasteiger partial charge < -0.3 is 14.8 Å². The highest BCUT2D eigenvalue weighted by molar-refractivity contribution is 8.26. The van der Waals surface area contributed by atoms with E-state index in [0.717, 1.165) is 47.4 Å². The normalized spacial score (nSPS) is 16.4. The Bertz CT molecular complexity index is 1570. The van der Waals surface area contributed by atoms with Crippen LogP contribution in [0.25, 0.3) is 6.08 Å². The molecule has 0 radical (unpaired) electrons. The molecule has 1 saturated carbocycles. The molecule has 1 aliphatic carbocycles. The summed E-state index contributed by atoms with van der Waals surface area (Å²) in [7, 11) is 1.63. The van der Waals surface area contributed by atoms with E-state index in [4.69, 9.17) is 44.9 Å². The number of carbonyl (C=O) groups is 2. The summed E-state index contributed by atoms with van der Waals surface area (Å²) in [6.07, 6.45) is 12.8. The number of nitrogens with zero attached hydrogens (tertiary/aromatic N) is 2. The Kier molecular flexibility index (Phi) is 12.2. The number of amides is 2. The van der Waals surface area contributed by atoms with Gasteiger partial charge in [-0.1, -0.05) is 78.2 Å². The van der Waals surface area contributed by atoms with E-state index < -0.39 is 0 Å². The highest BCUT2D eigenvalue weighted by atomic mass is 35.5. The van der Waals surface area contributed by atoms with Crippen molar-refractivity contribution in [2.45, 2.75) is 70.3 Å². The molecule has 1 N–H and O–H groups in total. The molecule has 2 aromatic carbocycles. The van der Waals surface area contributed by atoms with E-state index in [9.17, 15) is 9.59 Å². The molecule has 5 rings (SSSR count). The summed E-state index contributed by atoms with van der Waals surface area (Å²) in [6.45, 7) is 0.517. The molecule has 0 bridgehead atoms. The van der Waals surface area contributed by atoms with E-state index in [1.54, 1.807) is 24.3 Å². The van der Waals surface area contributed by atoms with Gasteiger partial charge in [-0.05, 0) is 73.9 Å². The molecule has 2 aliphatic rings. The zero-order valence-electron chi connectivity index (χ0n) is 25.0. The number of ether oxygens (including phenoxy) is 2. The number of rotatable bonds is 13. The number of halogens is 2. The molecular weight excluding hydrogens is 669 g/mol. The highest BCUT2D eigenvalue weighted by Gasteiger charge is 2.31. The average Bonchev–Trinajstić information content (AvgIpc) is 3.58. The van der Waals surface area contributed by atoms with Crippen LogP contribution in [-0.4, -0.2) is 45.8 Å². The number of hydrogen-bond donors (Lipinski definition) is 1. The van der Waals surface area contributed by atoms with E-state index in [-0.39, 0.29) is 17.9 Å². The Morgan fingerprint density at radius 2 is 1.96 bits per heavy atom. The minimum absolute atomic E-state index is 0.0872. The number of thiocarbonyl (C=S) groups is 1. The predicted octanol–water partition coefficient (Wildman–Crippen LogP) is 9.16. The maximum Gasteiger partial charge on any atom is 0.266 e.